The largest absolute Gasteiger partial charge is 0.425 e. The molecule has 1 aliphatic rings. The number of nitrogens with zero attached hydrogens (tertiary/aromatic N) is 2. The molecule has 3 rings (SSSR count). The highest BCUT2D eigenvalue weighted by molar-refractivity contribution is 6.17. The maximum Gasteiger partial charge on any atom is 0.224 e. The van der Waals surface area contributed by atoms with Crippen molar-refractivity contribution in [1.82, 2.24) is 10.2 Å². The zero-order valence-electron chi connectivity index (χ0n) is 10.1. The smallest absolute Gasteiger partial charge is 0.224 e. The van der Waals surface area contributed by atoms with Crippen LogP contribution in [0, 0.1) is 0 Å². The van der Waals surface area contributed by atoms with Crippen molar-refractivity contribution in [2.24, 2.45) is 0 Å². The van der Waals surface area contributed by atoms with Gasteiger partial charge in [-0.2, -0.15) is 0 Å². The molecular weight excluding hydrogens is 248 g/mol. The van der Waals surface area contributed by atoms with Gasteiger partial charge >= 0.3 is 0 Å². The van der Waals surface area contributed by atoms with Crippen LogP contribution in [0.5, 0.6) is 0 Å². The van der Waals surface area contributed by atoms with Gasteiger partial charge in [-0.05, 0) is 30.4 Å². The van der Waals surface area contributed by atoms with E-state index in [0.717, 1.165) is 18.7 Å². The first kappa shape index (κ1) is 11.7. The fraction of sp³-hybridized carbons (Fsp3) is 0.429. The van der Waals surface area contributed by atoms with Gasteiger partial charge in [-0.3, -0.25) is 0 Å². The average molecular weight is 263 g/mol. The van der Waals surface area contributed by atoms with E-state index in [-0.39, 0.29) is 5.92 Å². The first-order valence-electron chi connectivity index (χ1n) is 6.34. The summed E-state index contributed by atoms with van der Waals surface area (Å²) in [7, 11) is 0. The summed E-state index contributed by atoms with van der Waals surface area (Å²) in [5, 5.41) is 8.23. The number of hydrogen-bond acceptors (Lipinski definition) is 3. The van der Waals surface area contributed by atoms with E-state index in [1.54, 1.807) is 0 Å². The third-order valence-corrected chi connectivity index (χ3v) is 3.65. The van der Waals surface area contributed by atoms with Crippen LogP contribution in [-0.4, -0.2) is 16.1 Å². The Hall–Kier alpha value is -1.35. The monoisotopic (exact) mass is 262 g/mol. The Bertz CT molecular complexity index is 538. The number of aromatic nitrogens is 2. The van der Waals surface area contributed by atoms with Gasteiger partial charge in [0, 0.05) is 12.3 Å². The molecule has 0 fully saturated rings. The van der Waals surface area contributed by atoms with E-state index in [4.69, 9.17) is 16.0 Å². The molecule has 0 saturated heterocycles. The molecule has 94 valence electrons. The summed E-state index contributed by atoms with van der Waals surface area (Å²) in [6.07, 6.45) is 4.05. The Morgan fingerprint density at radius 1 is 1.28 bits per heavy atom. The second kappa shape index (κ2) is 5.11. The molecule has 0 aliphatic heterocycles. The van der Waals surface area contributed by atoms with Crippen molar-refractivity contribution in [2.45, 2.75) is 31.6 Å². The van der Waals surface area contributed by atoms with E-state index >= 15 is 0 Å². The molecule has 1 unspecified atom stereocenters. The van der Waals surface area contributed by atoms with Crippen molar-refractivity contribution in [2.75, 3.05) is 5.88 Å². The lowest BCUT2D eigenvalue weighted by Crippen LogP contribution is -2.11. The second-order valence-electron chi connectivity index (χ2n) is 4.62. The zero-order chi connectivity index (χ0) is 12.4. The van der Waals surface area contributed by atoms with Crippen molar-refractivity contribution in [3.63, 3.8) is 0 Å². The Morgan fingerprint density at radius 2 is 2.17 bits per heavy atom. The van der Waals surface area contributed by atoms with Gasteiger partial charge in [0.15, 0.2) is 0 Å². The molecule has 1 aliphatic carbocycles. The van der Waals surface area contributed by atoms with Crippen molar-refractivity contribution >= 4 is 11.6 Å². The summed E-state index contributed by atoms with van der Waals surface area (Å²) in [4.78, 5) is 0. The molecule has 1 atom stereocenters. The number of aryl methyl sites for hydroxylation is 2. The van der Waals surface area contributed by atoms with Crippen molar-refractivity contribution < 1.29 is 4.42 Å². The highest BCUT2D eigenvalue weighted by Gasteiger charge is 2.25. The first-order chi connectivity index (χ1) is 8.88. The number of alkyl halides is 1. The van der Waals surface area contributed by atoms with Gasteiger partial charge < -0.3 is 4.42 Å². The molecule has 0 radical (unpaired) electrons. The van der Waals surface area contributed by atoms with E-state index in [0.29, 0.717) is 18.2 Å². The summed E-state index contributed by atoms with van der Waals surface area (Å²) < 4.78 is 5.71. The van der Waals surface area contributed by atoms with Gasteiger partial charge in [0.25, 0.3) is 0 Å². The molecule has 4 heteroatoms. The predicted molar refractivity (Wildman–Crippen MR) is 69.9 cm³/mol. The van der Waals surface area contributed by atoms with Crippen molar-refractivity contribution in [3.05, 3.63) is 47.2 Å². The molecule has 1 heterocycles. The number of benzene rings is 1. The molecule has 18 heavy (non-hydrogen) atoms. The van der Waals surface area contributed by atoms with Crippen LogP contribution in [0.4, 0.5) is 0 Å². The molecule has 0 saturated carbocycles. The normalized spacial score (nSPS) is 18.6. The van der Waals surface area contributed by atoms with E-state index in [1.807, 2.05) is 0 Å². The molecule has 0 N–H and O–H groups in total. The van der Waals surface area contributed by atoms with Crippen LogP contribution < -0.4 is 0 Å². The topological polar surface area (TPSA) is 38.9 Å². The van der Waals surface area contributed by atoms with Crippen LogP contribution in [0.2, 0.25) is 0 Å². The third-order valence-electron chi connectivity index (χ3n) is 3.46. The van der Waals surface area contributed by atoms with E-state index in [2.05, 4.69) is 34.5 Å². The number of rotatable bonds is 3. The SMILES string of the molecule is ClCCc1nnc(C2CCCc3ccccc32)o1. The Labute approximate surface area is 111 Å². The van der Waals surface area contributed by atoms with Gasteiger partial charge in [0.05, 0.1) is 5.92 Å². The highest BCUT2D eigenvalue weighted by atomic mass is 35.5. The van der Waals surface area contributed by atoms with E-state index in [1.165, 1.54) is 17.5 Å². The third kappa shape index (κ3) is 2.15. The molecule has 1 aromatic heterocycles. The Kier molecular flexibility index (Phi) is 3.33. The molecule has 1 aromatic carbocycles. The van der Waals surface area contributed by atoms with Crippen LogP contribution in [0.3, 0.4) is 0 Å². The van der Waals surface area contributed by atoms with Crippen molar-refractivity contribution in [3.8, 4) is 0 Å². The minimum absolute atomic E-state index is 0.256. The fourth-order valence-electron chi connectivity index (χ4n) is 2.60. The zero-order valence-corrected chi connectivity index (χ0v) is 10.9. The molecular formula is C14H15ClN2O. The van der Waals surface area contributed by atoms with Gasteiger partial charge in [0.1, 0.15) is 0 Å². The maximum atomic E-state index is 5.71. The van der Waals surface area contributed by atoms with Gasteiger partial charge in [-0.25, -0.2) is 0 Å². The molecule has 2 aromatic rings. The minimum atomic E-state index is 0.256. The van der Waals surface area contributed by atoms with Crippen molar-refractivity contribution in [1.29, 1.82) is 0 Å². The minimum Gasteiger partial charge on any atom is -0.425 e. The molecule has 0 amide bonds. The van der Waals surface area contributed by atoms with Crippen LogP contribution >= 0.6 is 11.6 Å². The molecule has 3 nitrogen and oxygen atoms in total. The quantitative estimate of drug-likeness (QED) is 0.797. The van der Waals surface area contributed by atoms with Gasteiger partial charge in [0.2, 0.25) is 11.8 Å². The Morgan fingerprint density at radius 3 is 3.06 bits per heavy atom. The summed E-state index contributed by atoms with van der Waals surface area (Å²) in [6.45, 7) is 0. The summed E-state index contributed by atoms with van der Waals surface area (Å²) >= 11 is 5.68. The summed E-state index contributed by atoms with van der Waals surface area (Å²) in [5.74, 6) is 2.15. The summed E-state index contributed by atoms with van der Waals surface area (Å²) in [5.41, 5.74) is 2.75. The molecule has 0 spiro atoms. The van der Waals surface area contributed by atoms with Gasteiger partial charge in [-0.15, -0.1) is 21.8 Å². The first-order valence-corrected chi connectivity index (χ1v) is 6.88. The maximum absolute atomic E-state index is 5.71. The second-order valence-corrected chi connectivity index (χ2v) is 4.99. The average Bonchev–Trinajstić information content (AvgIpc) is 2.87. The standard InChI is InChI=1S/C14H15ClN2O/c15-9-8-13-16-17-14(18-13)12-7-3-5-10-4-1-2-6-11(10)12/h1-2,4,6,12H,3,5,7-9H2. The lowest BCUT2D eigenvalue weighted by Gasteiger charge is -2.22. The van der Waals surface area contributed by atoms with Gasteiger partial charge in [-0.1, -0.05) is 24.3 Å². The predicted octanol–water partition coefficient (Wildman–Crippen LogP) is 3.32. The van der Waals surface area contributed by atoms with E-state index in [9.17, 15) is 0 Å². The number of fused-ring (bicyclic) bond motifs is 1. The lowest BCUT2D eigenvalue weighted by molar-refractivity contribution is 0.417. The fourth-order valence-corrected chi connectivity index (χ4v) is 2.76. The number of halogens is 1. The molecule has 0 bridgehead atoms. The van der Waals surface area contributed by atoms with Crippen LogP contribution in [0.15, 0.2) is 28.7 Å². The summed E-state index contributed by atoms with van der Waals surface area (Å²) in [6, 6.07) is 8.53. The van der Waals surface area contributed by atoms with Crippen LogP contribution in [-0.2, 0) is 12.8 Å². The Balaban J connectivity index is 1.92. The van der Waals surface area contributed by atoms with Crippen LogP contribution in [0.1, 0.15) is 41.7 Å². The van der Waals surface area contributed by atoms with Crippen LogP contribution in [0.25, 0.3) is 0 Å². The highest BCUT2D eigenvalue weighted by Crippen LogP contribution is 2.35. The van der Waals surface area contributed by atoms with E-state index < -0.39 is 0 Å². The lowest BCUT2D eigenvalue weighted by atomic mass is 9.83. The number of hydrogen-bond donors (Lipinski definition) is 0.